The highest BCUT2D eigenvalue weighted by Crippen LogP contribution is 2.18. The van der Waals surface area contributed by atoms with E-state index in [0.29, 0.717) is 17.0 Å². The van der Waals surface area contributed by atoms with Crippen LogP contribution in [0.5, 0.6) is 0 Å². The van der Waals surface area contributed by atoms with Crippen LogP contribution in [-0.2, 0) is 16.6 Å². The van der Waals surface area contributed by atoms with Crippen LogP contribution >= 0.6 is 0 Å². The third kappa shape index (κ3) is 2.87. The number of hydrogen-bond donors (Lipinski definition) is 3. The maximum absolute atomic E-state index is 12.3. The molecule has 0 spiro atoms. The van der Waals surface area contributed by atoms with Gasteiger partial charge in [0.05, 0.1) is 11.7 Å². The molecule has 0 saturated heterocycles. The van der Waals surface area contributed by atoms with Gasteiger partial charge in [0.2, 0.25) is 0 Å². The highest BCUT2D eigenvalue weighted by molar-refractivity contribution is 7.89. The third-order valence-corrected chi connectivity index (χ3v) is 4.47. The number of nitrogens with two attached hydrogens (primary N) is 1. The lowest BCUT2D eigenvalue weighted by atomic mass is 10.2. The lowest BCUT2D eigenvalue weighted by molar-refractivity contribution is 0.558. The molecule has 1 atom stereocenters. The molecule has 4 N–H and O–H groups in total. The van der Waals surface area contributed by atoms with Gasteiger partial charge in [0.25, 0.3) is 10.0 Å². The Balaban J connectivity index is 2.28. The Kier molecular flexibility index (Phi) is 4.17. The third-order valence-electron chi connectivity index (χ3n) is 2.96. The van der Waals surface area contributed by atoms with Crippen molar-refractivity contribution in [2.24, 2.45) is 5.73 Å². The van der Waals surface area contributed by atoms with E-state index in [1.54, 1.807) is 38.2 Å². The van der Waals surface area contributed by atoms with Gasteiger partial charge in [-0.1, -0.05) is 6.07 Å². The minimum Gasteiger partial charge on any atom is -0.326 e. The Morgan fingerprint density at radius 2 is 2.20 bits per heavy atom. The fourth-order valence-corrected chi connectivity index (χ4v) is 3.30. The molecule has 1 unspecified atom stereocenters. The van der Waals surface area contributed by atoms with E-state index < -0.39 is 16.1 Å². The van der Waals surface area contributed by atoms with Crippen LogP contribution in [0, 0.1) is 6.92 Å². The van der Waals surface area contributed by atoms with Gasteiger partial charge in [-0.05, 0) is 26.0 Å². The molecule has 0 radical (unpaired) electrons. The number of aryl methyl sites for hydroxylation is 1. The van der Waals surface area contributed by atoms with Crippen LogP contribution in [0.15, 0.2) is 29.4 Å². The minimum atomic E-state index is -3.74. The van der Waals surface area contributed by atoms with Crippen LogP contribution < -0.4 is 10.5 Å². The minimum absolute atomic E-state index is 0.0553. The Labute approximate surface area is 117 Å². The number of sulfonamides is 1. The first-order valence-electron chi connectivity index (χ1n) is 6.13. The molecule has 0 fully saturated rings. The molecule has 2 rings (SSSR count). The molecule has 0 aliphatic rings. The summed E-state index contributed by atoms with van der Waals surface area (Å²) in [6.45, 7) is 3.56. The molecule has 7 nitrogen and oxygen atoms in total. The SMILES string of the molecule is Cc1[nH]nc(S(=O)(=O)NC(C)c2ccccn2)c1CN. The number of aromatic amines is 1. The van der Waals surface area contributed by atoms with Crippen molar-refractivity contribution in [2.75, 3.05) is 0 Å². The van der Waals surface area contributed by atoms with Crippen molar-refractivity contribution in [1.29, 1.82) is 0 Å². The molecule has 20 heavy (non-hydrogen) atoms. The number of nitrogens with one attached hydrogen (secondary N) is 2. The van der Waals surface area contributed by atoms with E-state index in [0.717, 1.165) is 0 Å². The predicted octanol–water partition coefficient (Wildman–Crippen LogP) is 0.611. The van der Waals surface area contributed by atoms with Crippen molar-refractivity contribution in [3.05, 3.63) is 41.3 Å². The second kappa shape index (κ2) is 5.70. The van der Waals surface area contributed by atoms with E-state index in [1.807, 2.05) is 0 Å². The van der Waals surface area contributed by atoms with Gasteiger partial charge in [-0.15, -0.1) is 0 Å². The predicted molar refractivity (Wildman–Crippen MR) is 74.2 cm³/mol. The molecular weight excluding hydrogens is 278 g/mol. The highest BCUT2D eigenvalue weighted by atomic mass is 32.2. The van der Waals surface area contributed by atoms with Gasteiger partial charge < -0.3 is 5.73 Å². The fraction of sp³-hybridized carbons (Fsp3) is 0.333. The second-order valence-electron chi connectivity index (χ2n) is 4.43. The molecule has 0 saturated carbocycles. The molecule has 0 aliphatic carbocycles. The normalized spacial score (nSPS) is 13.3. The molecule has 2 heterocycles. The Morgan fingerprint density at radius 1 is 1.45 bits per heavy atom. The molecule has 8 heteroatoms. The lowest BCUT2D eigenvalue weighted by Gasteiger charge is -2.13. The monoisotopic (exact) mass is 295 g/mol. The van der Waals surface area contributed by atoms with E-state index in [9.17, 15) is 8.42 Å². The zero-order valence-corrected chi connectivity index (χ0v) is 12.1. The van der Waals surface area contributed by atoms with Crippen LogP contribution in [0.3, 0.4) is 0 Å². The Bertz CT molecular complexity index is 681. The average Bonchev–Trinajstić information content (AvgIpc) is 2.81. The summed E-state index contributed by atoms with van der Waals surface area (Å²) in [5.41, 5.74) is 7.35. The molecular formula is C12H17N5O2S. The largest absolute Gasteiger partial charge is 0.326 e. The smallest absolute Gasteiger partial charge is 0.260 e. The van der Waals surface area contributed by atoms with Gasteiger partial charge in [0, 0.05) is 24.0 Å². The number of hydrogen-bond acceptors (Lipinski definition) is 5. The van der Waals surface area contributed by atoms with Crippen molar-refractivity contribution in [2.45, 2.75) is 31.5 Å². The van der Waals surface area contributed by atoms with Crippen molar-refractivity contribution < 1.29 is 8.42 Å². The molecule has 0 amide bonds. The van der Waals surface area contributed by atoms with Gasteiger partial charge in [-0.3, -0.25) is 10.1 Å². The number of nitrogens with zero attached hydrogens (tertiary/aromatic N) is 2. The maximum Gasteiger partial charge on any atom is 0.260 e. The first kappa shape index (κ1) is 14.6. The maximum atomic E-state index is 12.3. The number of rotatable bonds is 5. The molecule has 2 aromatic rings. The summed E-state index contributed by atoms with van der Waals surface area (Å²) in [5.74, 6) is 0. The lowest BCUT2D eigenvalue weighted by Crippen LogP contribution is -2.28. The summed E-state index contributed by atoms with van der Waals surface area (Å²) in [4.78, 5) is 4.12. The van der Waals surface area contributed by atoms with Crippen LogP contribution in [0.2, 0.25) is 0 Å². The zero-order chi connectivity index (χ0) is 14.8. The zero-order valence-electron chi connectivity index (χ0n) is 11.3. The van der Waals surface area contributed by atoms with Crippen molar-refractivity contribution in [3.8, 4) is 0 Å². The summed E-state index contributed by atoms with van der Waals surface area (Å²) in [6, 6.07) is 4.88. The van der Waals surface area contributed by atoms with Crippen molar-refractivity contribution >= 4 is 10.0 Å². The Hall–Kier alpha value is -1.77. The summed E-state index contributed by atoms with van der Waals surface area (Å²) >= 11 is 0. The van der Waals surface area contributed by atoms with E-state index in [2.05, 4.69) is 19.9 Å². The highest BCUT2D eigenvalue weighted by Gasteiger charge is 2.25. The first-order valence-corrected chi connectivity index (χ1v) is 7.61. The van der Waals surface area contributed by atoms with Gasteiger partial charge in [-0.25, -0.2) is 13.1 Å². The van der Waals surface area contributed by atoms with Crippen molar-refractivity contribution in [1.82, 2.24) is 19.9 Å². The topological polar surface area (TPSA) is 114 Å². The number of aromatic nitrogens is 3. The van der Waals surface area contributed by atoms with Crippen LogP contribution in [0.25, 0.3) is 0 Å². The average molecular weight is 295 g/mol. The van der Waals surface area contributed by atoms with E-state index >= 15 is 0 Å². The van der Waals surface area contributed by atoms with Crippen molar-refractivity contribution in [3.63, 3.8) is 0 Å². The molecule has 2 aromatic heterocycles. The summed E-state index contributed by atoms with van der Waals surface area (Å²) in [7, 11) is -3.74. The van der Waals surface area contributed by atoms with Gasteiger partial charge in [0.15, 0.2) is 5.03 Å². The first-order chi connectivity index (χ1) is 9.45. The molecule has 0 aliphatic heterocycles. The van der Waals surface area contributed by atoms with E-state index in [-0.39, 0.29) is 11.6 Å². The summed E-state index contributed by atoms with van der Waals surface area (Å²) < 4.78 is 27.2. The number of H-pyrrole nitrogens is 1. The quantitative estimate of drug-likeness (QED) is 0.748. The molecule has 0 aromatic carbocycles. The van der Waals surface area contributed by atoms with Crippen LogP contribution in [0.4, 0.5) is 0 Å². The summed E-state index contributed by atoms with van der Waals surface area (Å²) in [6.07, 6.45) is 1.62. The fourth-order valence-electron chi connectivity index (χ4n) is 1.87. The van der Waals surface area contributed by atoms with Crippen LogP contribution in [-0.4, -0.2) is 23.6 Å². The van der Waals surface area contributed by atoms with E-state index in [1.165, 1.54) is 0 Å². The standard InChI is InChI=1S/C12H17N5O2S/c1-8-10(7-13)12(16-15-8)20(18,19)17-9(2)11-5-3-4-6-14-11/h3-6,9,17H,7,13H2,1-2H3,(H,15,16). The molecule has 0 bridgehead atoms. The second-order valence-corrected chi connectivity index (χ2v) is 6.06. The summed E-state index contributed by atoms with van der Waals surface area (Å²) in [5, 5.41) is 6.42. The van der Waals surface area contributed by atoms with E-state index in [4.69, 9.17) is 5.73 Å². The van der Waals surface area contributed by atoms with Gasteiger partial charge in [-0.2, -0.15) is 5.10 Å². The Morgan fingerprint density at radius 3 is 2.80 bits per heavy atom. The van der Waals surface area contributed by atoms with Gasteiger partial charge in [0.1, 0.15) is 0 Å². The number of pyridine rings is 1. The van der Waals surface area contributed by atoms with Crippen LogP contribution in [0.1, 0.15) is 29.9 Å². The molecule has 108 valence electrons. The van der Waals surface area contributed by atoms with Gasteiger partial charge >= 0.3 is 0 Å².